The normalized spacial score (nSPS) is 17.8. The Morgan fingerprint density at radius 1 is 1.50 bits per heavy atom. The van der Waals surface area contributed by atoms with Crippen LogP contribution in [0.3, 0.4) is 0 Å². The van der Waals surface area contributed by atoms with Crippen molar-refractivity contribution in [3.63, 3.8) is 0 Å². The van der Waals surface area contributed by atoms with Gasteiger partial charge in [-0.1, -0.05) is 17.3 Å². The molecule has 0 atom stereocenters. The van der Waals surface area contributed by atoms with E-state index >= 15 is 0 Å². The minimum absolute atomic E-state index is 0.0272. The fourth-order valence-corrected chi connectivity index (χ4v) is 2.27. The number of aromatic nitrogens is 1. The van der Waals surface area contributed by atoms with Crippen LogP contribution in [0.25, 0.3) is 11.0 Å². The molecule has 5 nitrogen and oxygen atoms in total. The Hall–Kier alpha value is -1.88. The molecular formula is C13H14N2O3. The van der Waals surface area contributed by atoms with Crippen molar-refractivity contribution in [3.8, 4) is 0 Å². The second-order valence-electron chi connectivity index (χ2n) is 5.05. The highest BCUT2D eigenvalue weighted by molar-refractivity contribution is 5.86. The van der Waals surface area contributed by atoms with Gasteiger partial charge in [-0.25, -0.2) is 0 Å². The van der Waals surface area contributed by atoms with Crippen LogP contribution in [-0.4, -0.2) is 39.8 Å². The molecule has 3 rings (SSSR count). The Bertz CT molecular complexity index is 595. The number of hydrogen-bond donors (Lipinski definition) is 1. The second-order valence-corrected chi connectivity index (χ2v) is 5.05. The van der Waals surface area contributed by atoms with Crippen LogP contribution in [-0.2, 0) is 11.2 Å². The molecule has 0 radical (unpaired) electrons. The Morgan fingerprint density at radius 2 is 2.22 bits per heavy atom. The van der Waals surface area contributed by atoms with Crippen molar-refractivity contribution < 1.29 is 14.4 Å². The van der Waals surface area contributed by atoms with Crippen molar-refractivity contribution in [2.45, 2.75) is 18.9 Å². The number of carbonyl (C=O) groups is 1. The first-order chi connectivity index (χ1) is 8.55. The van der Waals surface area contributed by atoms with E-state index < -0.39 is 5.60 Å². The average Bonchev–Trinajstić information content (AvgIpc) is 2.70. The zero-order chi connectivity index (χ0) is 12.8. The number of likely N-dealkylation sites (tertiary alicyclic amines) is 1. The van der Waals surface area contributed by atoms with Crippen LogP contribution >= 0.6 is 0 Å². The smallest absolute Gasteiger partial charge is 0.228 e. The monoisotopic (exact) mass is 246 g/mol. The third-order valence-corrected chi connectivity index (χ3v) is 3.19. The Balaban J connectivity index is 1.75. The molecule has 2 aromatic rings. The maximum atomic E-state index is 12.0. The van der Waals surface area contributed by atoms with Gasteiger partial charge in [-0.05, 0) is 19.1 Å². The van der Waals surface area contributed by atoms with Gasteiger partial charge in [0.15, 0.2) is 5.58 Å². The van der Waals surface area contributed by atoms with Gasteiger partial charge in [0.25, 0.3) is 0 Å². The summed E-state index contributed by atoms with van der Waals surface area (Å²) in [5, 5.41) is 14.4. The highest BCUT2D eigenvalue weighted by Gasteiger charge is 2.39. The SMILES string of the molecule is CC1(O)CN(C(=O)Cc2noc3ccccc23)C1. The number of carbonyl (C=O) groups excluding carboxylic acids is 1. The standard InChI is InChI=1S/C13H14N2O3/c1-13(17)7-15(8-13)12(16)6-10-9-4-2-3-5-11(9)18-14-10/h2-5,17H,6-8H2,1H3. The molecule has 5 heteroatoms. The van der Waals surface area contributed by atoms with Crippen LogP contribution < -0.4 is 0 Å². The molecule has 0 saturated carbocycles. The zero-order valence-electron chi connectivity index (χ0n) is 10.1. The van der Waals surface area contributed by atoms with Gasteiger partial charge < -0.3 is 14.5 Å². The van der Waals surface area contributed by atoms with Crippen LogP contribution in [0.2, 0.25) is 0 Å². The molecule has 94 valence electrons. The van der Waals surface area contributed by atoms with Crippen molar-refractivity contribution in [1.29, 1.82) is 0 Å². The number of amides is 1. The maximum absolute atomic E-state index is 12.0. The summed E-state index contributed by atoms with van der Waals surface area (Å²) in [6.07, 6.45) is 0.215. The molecule has 1 aromatic carbocycles. The molecule has 1 amide bonds. The van der Waals surface area contributed by atoms with Gasteiger partial charge in [0.1, 0.15) is 5.69 Å². The Morgan fingerprint density at radius 3 is 2.94 bits per heavy atom. The summed E-state index contributed by atoms with van der Waals surface area (Å²) in [6, 6.07) is 7.47. The number of aliphatic hydroxyl groups is 1. The average molecular weight is 246 g/mol. The van der Waals surface area contributed by atoms with E-state index in [1.54, 1.807) is 11.8 Å². The van der Waals surface area contributed by atoms with Crippen molar-refractivity contribution in [1.82, 2.24) is 10.1 Å². The summed E-state index contributed by atoms with van der Waals surface area (Å²) in [7, 11) is 0. The molecule has 1 aromatic heterocycles. The van der Waals surface area contributed by atoms with Gasteiger partial charge in [-0.2, -0.15) is 0 Å². The largest absolute Gasteiger partial charge is 0.386 e. The van der Waals surface area contributed by atoms with Crippen LogP contribution in [0.5, 0.6) is 0 Å². The van der Waals surface area contributed by atoms with E-state index in [9.17, 15) is 9.90 Å². The van der Waals surface area contributed by atoms with Crippen molar-refractivity contribution >= 4 is 16.9 Å². The highest BCUT2D eigenvalue weighted by Crippen LogP contribution is 2.23. The van der Waals surface area contributed by atoms with Gasteiger partial charge in [0.2, 0.25) is 5.91 Å². The Kier molecular flexibility index (Phi) is 2.38. The number of rotatable bonds is 2. The highest BCUT2D eigenvalue weighted by atomic mass is 16.5. The van der Waals surface area contributed by atoms with Crippen molar-refractivity contribution in [2.24, 2.45) is 0 Å². The minimum atomic E-state index is -0.735. The van der Waals surface area contributed by atoms with Crippen LogP contribution in [0.15, 0.2) is 28.8 Å². The molecule has 0 spiro atoms. The molecule has 1 fully saturated rings. The summed E-state index contributed by atoms with van der Waals surface area (Å²) < 4.78 is 5.15. The topological polar surface area (TPSA) is 66.6 Å². The van der Waals surface area contributed by atoms with E-state index in [-0.39, 0.29) is 12.3 Å². The summed E-state index contributed by atoms with van der Waals surface area (Å²) in [6.45, 7) is 2.51. The molecule has 18 heavy (non-hydrogen) atoms. The second kappa shape index (κ2) is 3.81. The number of β-amino-alcohol motifs (C(OH)–C–C–N with tert-alkyl or cyclic N) is 1. The lowest BCUT2D eigenvalue weighted by molar-refractivity contribution is -0.151. The predicted molar refractivity (Wildman–Crippen MR) is 64.9 cm³/mol. The quantitative estimate of drug-likeness (QED) is 0.857. The predicted octanol–water partition coefficient (Wildman–Crippen LogP) is 0.964. The first kappa shape index (κ1) is 11.2. The lowest BCUT2D eigenvalue weighted by Crippen LogP contribution is -2.62. The number of benzene rings is 1. The molecular weight excluding hydrogens is 232 g/mol. The number of para-hydroxylation sites is 1. The number of hydrogen-bond acceptors (Lipinski definition) is 4. The summed E-state index contributed by atoms with van der Waals surface area (Å²) in [5.41, 5.74) is 0.611. The summed E-state index contributed by atoms with van der Waals surface area (Å²) in [5.74, 6) is -0.0272. The van der Waals surface area contributed by atoms with Crippen LogP contribution in [0, 0.1) is 0 Å². The lowest BCUT2D eigenvalue weighted by atomic mass is 9.96. The van der Waals surface area contributed by atoms with E-state index in [0.717, 1.165) is 5.39 Å². The fraction of sp³-hybridized carbons (Fsp3) is 0.385. The van der Waals surface area contributed by atoms with Gasteiger partial charge in [0, 0.05) is 5.39 Å². The molecule has 2 heterocycles. The molecule has 0 unspecified atom stereocenters. The fourth-order valence-electron chi connectivity index (χ4n) is 2.27. The minimum Gasteiger partial charge on any atom is -0.386 e. The lowest BCUT2D eigenvalue weighted by Gasteiger charge is -2.44. The molecule has 1 N–H and O–H groups in total. The number of fused-ring (bicyclic) bond motifs is 1. The molecule has 1 aliphatic rings. The summed E-state index contributed by atoms with van der Waals surface area (Å²) >= 11 is 0. The molecule has 0 bridgehead atoms. The van der Waals surface area contributed by atoms with E-state index in [2.05, 4.69) is 5.16 Å². The van der Waals surface area contributed by atoms with E-state index in [1.165, 1.54) is 0 Å². The van der Waals surface area contributed by atoms with Gasteiger partial charge in [-0.15, -0.1) is 0 Å². The van der Waals surface area contributed by atoms with E-state index in [4.69, 9.17) is 4.52 Å². The van der Waals surface area contributed by atoms with Gasteiger partial charge in [-0.3, -0.25) is 4.79 Å². The van der Waals surface area contributed by atoms with Crippen molar-refractivity contribution in [2.75, 3.05) is 13.1 Å². The van der Waals surface area contributed by atoms with Gasteiger partial charge >= 0.3 is 0 Å². The third kappa shape index (κ3) is 1.86. The third-order valence-electron chi connectivity index (χ3n) is 3.19. The molecule has 1 saturated heterocycles. The maximum Gasteiger partial charge on any atom is 0.228 e. The van der Waals surface area contributed by atoms with Gasteiger partial charge in [0.05, 0.1) is 25.1 Å². The first-order valence-corrected chi connectivity index (χ1v) is 5.89. The van der Waals surface area contributed by atoms with Crippen LogP contribution in [0.4, 0.5) is 0 Å². The Labute approximate surface area is 104 Å². The van der Waals surface area contributed by atoms with E-state index in [0.29, 0.717) is 24.4 Å². The van der Waals surface area contributed by atoms with Crippen molar-refractivity contribution in [3.05, 3.63) is 30.0 Å². The summed E-state index contributed by atoms with van der Waals surface area (Å²) in [4.78, 5) is 13.6. The molecule has 0 aliphatic carbocycles. The first-order valence-electron chi connectivity index (χ1n) is 5.89. The zero-order valence-corrected chi connectivity index (χ0v) is 10.1. The van der Waals surface area contributed by atoms with Crippen LogP contribution in [0.1, 0.15) is 12.6 Å². The number of nitrogens with zero attached hydrogens (tertiary/aromatic N) is 2. The van der Waals surface area contributed by atoms with E-state index in [1.807, 2.05) is 24.3 Å². The molecule has 1 aliphatic heterocycles.